The summed E-state index contributed by atoms with van der Waals surface area (Å²) in [6.07, 6.45) is 0. The van der Waals surface area contributed by atoms with Crippen LogP contribution < -0.4 is 15.2 Å². The van der Waals surface area contributed by atoms with Crippen molar-refractivity contribution in [2.75, 3.05) is 7.11 Å². The zero-order chi connectivity index (χ0) is 14.6. The van der Waals surface area contributed by atoms with Gasteiger partial charge in [0, 0.05) is 17.1 Å². The van der Waals surface area contributed by atoms with Gasteiger partial charge >= 0.3 is 0 Å². The monoisotopic (exact) mass is 322 g/mol. The van der Waals surface area contributed by atoms with Crippen molar-refractivity contribution >= 4 is 38.8 Å². The van der Waals surface area contributed by atoms with E-state index >= 15 is 0 Å². The van der Waals surface area contributed by atoms with Crippen molar-refractivity contribution in [3.63, 3.8) is 0 Å². The van der Waals surface area contributed by atoms with Gasteiger partial charge in [0.25, 0.3) is 0 Å². The Kier molecular flexibility index (Phi) is 5.54. The molecule has 0 aromatic heterocycles. The van der Waals surface area contributed by atoms with Gasteiger partial charge in [-0.2, -0.15) is 0 Å². The number of nitrogens with two attached hydrogens (primary N) is 1. The number of halogens is 1. The summed E-state index contributed by atoms with van der Waals surface area (Å²) in [6, 6.07) is 5.08. The SMILES string of the molecule is COc1cccc(Cl)c1CNS(=O)(=O)C(C)C(N)=S. The lowest BCUT2D eigenvalue weighted by Crippen LogP contribution is -2.39. The van der Waals surface area contributed by atoms with E-state index in [2.05, 4.69) is 16.9 Å². The molecule has 0 heterocycles. The Morgan fingerprint density at radius 2 is 2.21 bits per heavy atom. The van der Waals surface area contributed by atoms with Crippen LogP contribution in [0.4, 0.5) is 0 Å². The fourth-order valence-corrected chi connectivity index (χ4v) is 2.87. The van der Waals surface area contributed by atoms with Crippen molar-refractivity contribution in [2.24, 2.45) is 5.73 Å². The highest BCUT2D eigenvalue weighted by Gasteiger charge is 2.23. The van der Waals surface area contributed by atoms with E-state index in [1.807, 2.05) is 0 Å². The molecule has 0 spiro atoms. The maximum atomic E-state index is 11.9. The first kappa shape index (κ1) is 16.2. The number of benzene rings is 1. The van der Waals surface area contributed by atoms with Gasteiger partial charge in [-0.05, 0) is 19.1 Å². The van der Waals surface area contributed by atoms with Crippen LogP contribution in [-0.4, -0.2) is 25.8 Å². The third-order valence-corrected chi connectivity index (χ3v) is 5.20. The Bertz CT molecular complexity index is 575. The van der Waals surface area contributed by atoms with E-state index < -0.39 is 15.3 Å². The molecule has 5 nitrogen and oxygen atoms in total. The molecular weight excluding hydrogens is 308 g/mol. The van der Waals surface area contributed by atoms with Gasteiger partial charge < -0.3 is 10.5 Å². The first-order valence-electron chi connectivity index (χ1n) is 5.38. The molecule has 0 amide bonds. The van der Waals surface area contributed by atoms with Crippen molar-refractivity contribution in [2.45, 2.75) is 18.7 Å². The van der Waals surface area contributed by atoms with Crippen LogP contribution in [0.25, 0.3) is 0 Å². The molecule has 19 heavy (non-hydrogen) atoms. The summed E-state index contributed by atoms with van der Waals surface area (Å²) in [7, 11) is -2.14. The van der Waals surface area contributed by atoms with E-state index in [-0.39, 0.29) is 11.5 Å². The lowest BCUT2D eigenvalue weighted by molar-refractivity contribution is 0.409. The summed E-state index contributed by atoms with van der Waals surface area (Å²) < 4.78 is 31.3. The molecule has 8 heteroatoms. The zero-order valence-electron chi connectivity index (χ0n) is 10.5. The fraction of sp³-hybridized carbons (Fsp3) is 0.364. The van der Waals surface area contributed by atoms with Gasteiger partial charge in [-0.1, -0.05) is 29.9 Å². The predicted octanol–water partition coefficient (Wildman–Crippen LogP) is 1.44. The molecule has 0 aliphatic heterocycles. The molecule has 0 radical (unpaired) electrons. The van der Waals surface area contributed by atoms with E-state index in [1.165, 1.54) is 14.0 Å². The first-order valence-corrected chi connectivity index (χ1v) is 7.72. The third kappa shape index (κ3) is 4.04. The molecule has 0 fully saturated rings. The molecule has 0 saturated heterocycles. The molecule has 0 saturated carbocycles. The molecule has 3 N–H and O–H groups in total. The fourth-order valence-electron chi connectivity index (χ4n) is 1.35. The molecule has 0 bridgehead atoms. The Hall–Kier alpha value is -0.890. The van der Waals surface area contributed by atoms with Gasteiger partial charge in [0.05, 0.1) is 12.1 Å². The van der Waals surface area contributed by atoms with E-state index in [1.54, 1.807) is 18.2 Å². The lowest BCUT2D eigenvalue weighted by atomic mass is 10.2. The van der Waals surface area contributed by atoms with Crippen LogP contribution in [0.3, 0.4) is 0 Å². The second kappa shape index (κ2) is 6.51. The van der Waals surface area contributed by atoms with Crippen molar-refractivity contribution in [3.8, 4) is 5.75 Å². The molecule has 1 unspecified atom stereocenters. The number of methoxy groups -OCH3 is 1. The lowest BCUT2D eigenvalue weighted by Gasteiger charge is -2.14. The standard InChI is InChI=1S/C11H15ClN2O3S2/c1-7(11(13)18)19(15,16)14-6-8-9(12)4-3-5-10(8)17-2/h3-5,7,14H,6H2,1-2H3,(H2,13,18). The van der Waals surface area contributed by atoms with E-state index in [9.17, 15) is 8.42 Å². The zero-order valence-corrected chi connectivity index (χ0v) is 12.9. The van der Waals surface area contributed by atoms with Crippen molar-refractivity contribution in [1.82, 2.24) is 4.72 Å². The minimum atomic E-state index is -3.63. The average Bonchev–Trinajstić information content (AvgIpc) is 2.35. The summed E-state index contributed by atoms with van der Waals surface area (Å²) in [5.41, 5.74) is 5.90. The second-order valence-electron chi connectivity index (χ2n) is 3.83. The molecule has 1 atom stereocenters. The highest BCUT2D eigenvalue weighted by molar-refractivity contribution is 7.93. The van der Waals surface area contributed by atoms with Gasteiger partial charge in [0.2, 0.25) is 10.0 Å². The molecule has 1 rings (SSSR count). The van der Waals surface area contributed by atoms with Gasteiger partial charge in [-0.3, -0.25) is 0 Å². The number of ether oxygens (including phenoxy) is 1. The number of hydrogen-bond acceptors (Lipinski definition) is 4. The number of hydrogen-bond donors (Lipinski definition) is 2. The highest BCUT2D eigenvalue weighted by atomic mass is 35.5. The van der Waals surface area contributed by atoms with Crippen LogP contribution in [0.5, 0.6) is 5.75 Å². The summed E-state index contributed by atoms with van der Waals surface area (Å²) >= 11 is 10.7. The summed E-state index contributed by atoms with van der Waals surface area (Å²) in [4.78, 5) is -0.0846. The smallest absolute Gasteiger partial charge is 0.221 e. The van der Waals surface area contributed by atoms with Crippen molar-refractivity contribution in [3.05, 3.63) is 28.8 Å². The van der Waals surface area contributed by atoms with Crippen molar-refractivity contribution < 1.29 is 13.2 Å². The maximum absolute atomic E-state index is 11.9. The van der Waals surface area contributed by atoms with Crippen molar-refractivity contribution in [1.29, 1.82) is 0 Å². The van der Waals surface area contributed by atoms with Crippen LogP contribution in [0.1, 0.15) is 12.5 Å². The van der Waals surface area contributed by atoms with Gasteiger partial charge in [0.15, 0.2) is 0 Å². The van der Waals surface area contributed by atoms with Crippen LogP contribution in [0.2, 0.25) is 5.02 Å². The Balaban J connectivity index is 2.91. The van der Waals surface area contributed by atoms with Gasteiger partial charge in [-0.15, -0.1) is 0 Å². The van der Waals surface area contributed by atoms with Gasteiger partial charge in [-0.25, -0.2) is 13.1 Å². The van der Waals surface area contributed by atoms with Crippen LogP contribution in [0.15, 0.2) is 18.2 Å². The molecule has 106 valence electrons. The minimum Gasteiger partial charge on any atom is -0.496 e. The normalized spacial score (nSPS) is 13.0. The van der Waals surface area contributed by atoms with E-state index in [0.717, 1.165) is 0 Å². The Morgan fingerprint density at radius 1 is 1.58 bits per heavy atom. The Morgan fingerprint density at radius 3 is 2.74 bits per heavy atom. The minimum absolute atomic E-state index is 0.0120. The number of sulfonamides is 1. The topological polar surface area (TPSA) is 81.4 Å². The van der Waals surface area contributed by atoms with Gasteiger partial charge in [0.1, 0.15) is 11.0 Å². The van der Waals surface area contributed by atoms with Crippen LogP contribution in [-0.2, 0) is 16.6 Å². The molecule has 1 aromatic carbocycles. The maximum Gasteiger partial charge on any atom is 0.221 e. The number of rotatable bonds is 6. The van der Waals surface area contributed by atoms with Crippen LogP contribution >= 0.6 is 23.8 Å². The molecular formula is C11H15ClN2O3S2. The summed E-state index contributed by atoms with van der Waals surface area (Å²) in [5, 5.41) is -0.527. The number of nitrogens with one attached hydrogen (secondary N) is 1. The number of thiocarbonyl (C=S) groups is 1. The molecule has 1 aromatic rings. The average molecular weight is 323 g/mol. The van der Waals surface area contributed by atoms with E-state index in [0.29, 0.717) is 16.3 Å². The summed E-state index contributed by atoms with van der Waals surface area (Å²) in [6.45, 7) is 1.44. The summed E-state index contributed by atoms with van der Waals surface area (Å²) in [5.74, 6) is 0.512. The molecule has 0 aliphatic carbocycles. The second-order valence-corrected chi connectivity index (χ2v) is 6.80. The predicted molar refractivity (Wildman–Crippen MR) is 80.0 cm³/mol. The van der Waals surface area contributed by atoms with Crippen LogP contribution in [0, 0.1) is 0 Å². The largest absolute Gasteiger partial charge is 0.496 e. The first-order chi connectivity index (χ1) is 8.79. The Labute approximate surface area is 123 Å². The third-order valence-electron chi connectivity index (χ3n) is 2.61. The molecule has 0 aliphatic rings. The quantitative estimate of drug-likeness (QED) is 0.775. The van der Waals surface area contributed by atoms with E-state index in [4.69, 9.17) is 22.1 Å². The highest BCUT2D eigenvalue weighted by Crippen LogP contribution is 2.26.